The molecule has 2 rings (SSSR count). The van der Waals surface area contributed by atoms with Crippen molar-refractivity contribution in [1.29, 1.82) is 0 Å². The van der Waals surface area contributed by atoms with E-state index in [0.717, 1.165) is 44.4 Å². The third-order valence-electron chi connectivity index (χ3n) is 3.67. The average Bonchev–Trinajstić information content (AvgIpc) is 2.88. The van der Waals surface area contributed by atoms with E-state index >= 15 is 0 Å². The molecule has 1 aliphatic carbocycles. The Morgan fingerprint density at radius 2 is 2.36 bits per heavy atom. The van der Waals surface area contributed by atoms with E-state index in [2.05, 4.69) is 13.8 Å². The van der Waals surface area contributed by atoms with E-state index in [1.165, 1.54) is 0 Å². The van der Waals surface area contributed by atoms with Crippen molar-refractivity contribution in [3.63, 3.8) is 0 Å². The molecule has 1 heterocycles. The van der Waals surface area contributed by atoms with E-state index < -0.39 is 0 Å². The fourth-order valence-corrected chi connectivity index (χ4v) is 2.56. The third kappa shape index (κ3) is 1.60. The van der Waals surface area contributed by atoms with Gasteiger partial charge in [-0.15, -0.1) is 0 Å². The Bertz CT molecular complexity index is 236. The lowest BCUT2D eigenvalue weighted by Gasteiger charge is -2.20. The molecule has 80 valence electrons. The van der Waals surface area contributed by atoms with Crippen molar-refractivity contribution in [2.75, 3.05) is 0 Å². The maximum atomic E-state index is 11.9. The van der Waals surface area contributed by atoms with Gasteiger partial charge in [0.25, 0.3) is 0 Å². The molecule has 1 aliphatic heterocycles. The van der Waals surface area contributed by atoms with Gasteiger partial charge in [-0.05, 0) is 31.6 Å². The van der Waals surface area contributed by atoms with Crippen molar-refractivity contribution in [3.05, 3.63) is 0 Å². The summed E-state index contributed by atoms with van der Waals surface area (Å²) < 4.78 is 5.65. The predicted octanol–water partition coefficient (Wildman–Crippen LogP) is 2.70. The predicted molar refractivity (Wildman–Crippen MR) is 55.2 cm³/mol. The summed E-state index contributed by atoms with van der Waals surface area (Å²) in [6.45, 7) is 4.38. The molecule has 0 amide bonds. The Kier molecular flexibility index (Phi) is 2.65. The standard InChI is InChI=1S/C12H20O2/c1-3-4-5-10(13)12-7-6-9(2)8-11(12)14-12/h9,11H,3-8H2,1-2H3. The van der Waals surface area contributed by atoms with Gasteiger partial charge in [0, 0.05) is 6.42 Å². The van der Waals surface area contributed by atoms with Crippen LogP contribution in [0.2, 0.25) is 0 Å². The largest absolute Gasteiger partial charge is 0.358 e. The second-order valence-corrected chi connectivity index (χ2v) is 4.90. The number of fused-ring (bicyclic) bond motifs is 1. The number of ether oxygens (including phenoxy) is 1. The molecule has 0 aromatic carbocycles. The van der Waals surface area contributed by atoms with E-state index in [1.807, 2.05) is 0 Å². The highest BCUT2D eigenvalue weighted by Gasteiger charge is 2.62. The molecule has 2 heteroatoms. The minimum atomic E-state index is -0.304. The van der Waals surface area contributed by atoms with Crippen LogP contribution in [0, 0.1) is 5.92 Å². The maximum absolute atomic E-state index is 11.9. The zero-order valence-electron chi connectivity index (χ0n) is 9.21. The first-order valence-corrected chi connectivity index (χ1v) is 5.90. The number of epoxide rings is 1. The molecule has 3 unspecified atom stereocenters. The topological polar surface area (TPSA) is 29.6 Å². The quantitative estimate of drug-likeness (QED) is 0.647. The van der Waals surface area contributed by atoms with Gasteiger partial charge in [0.1, 0.15) is 0 Å². The molecule has 1 saturated heterocycles. The number of ketones is 1. The summed E-state index contributed by atoms with van der Waals surface area (Å²) >= 11 is 0. The van der Waals surface area contributed by atoms with Gasteiger partial charge in [0.2, 0.25) is 0 Å². The number of Topliss-reactive ketones (excluding diaryl/α,β-unsaturated/α-hetero) is 1. The first kappa shape index (κ1) is 10.2. The van der Waals surface area contributed by atoms with Crippen LogP contribution in [0.25, 0.3) is 0 Å². The number of hydrogen-bond acceptors (Lipinski definition) is 2. The summed E-state index contributed by atoms with van der Waals surface area (Å²) in [4.78, 5) is 11.9. The normalized spacial score (nSPS) is 40.4. The van der Waals surface area contributed by atoms with Gasteiger partial charge >= 0.3 is 0 Å². The van der Waals surface area contributed by atoms with E-state index in [9.17, 15) is 4.79 Å². The Morgan fingerprint density at radius 1 is 1.57 bits per heavy atom. The average molecular weight is 196 g/mol. The lowest BCUT2D eigenvalue weighted by molar-refractivity contribution is -0.124. The molecule has 0 aromatic rings. The fourth-order valence-electron chi connectivity index (χ4n) is 2.56. The van der Waals surface area contributed by atoms with Crippen LogP contribution in [0.5, 0.6) is 0 Å². The van der Waals surface area contributed by atoms with E-state index in [-0.39, 0.29) is 11.7 Å². The highest BCUT2D eigenvalue weighted by Crippen LogP contribution is 2.50. The Labute approximate surface area is 86.0 Å². The molecule has 3 atom stereocenters. The van der Waals surface area contributed by atoms with Crippen LogP contribution >= 0.6 is 0 Å². The molecule has 2 aliphatic rings. The summed E-state index contributed by atoms with van der Waals surface area (Å²) in [5.41, 5.74) is -0.304. The minimum absolute atomic E-state index is 0.274. The van der Waals surface area contributed by atoms with Gasteiger partial charge < -0.3 is 4.74 Å². The van der Waals surface area contributed by atoms with Gasteiger partial charge in [0.05, 0.1) is 6.10 Å². The van der Waals surface area contributed by atoms with Crippen LogP contribution in [0.15, 0.2) is 0 Å². The zero-order valence-corrected chi connectivity index (χ0v) is 9.21. The fraction of sp³-hybridized carbons (Fsp3) is 0.917. The highest BCUT2D eigenvalue weighted by molar-refractivity contribution is 5.90. The van der Waals surface area contributed by atoms with Crippen LogP contribution in [-0.2, 0) is 9.53 Å². The minimum Gasteiger partial charge on any atom is -0.358 e. The summed E-state index contributed by atoms with van der Waals surface area (Å²) in [6, 6.07) is 0. The molecule has 1 saturated carbocycles. The van der Waals surface area contributed by atoms with Crippen molar-refractivity contribution >= 4 is 5.78 Å². The Balaban J connectivity index is 1.90. The highest BCUT2D eigenvalue weighted by atomic mass is 16.6. The molecule has 0 spiro atoms. The first-order chi connectivity index (χ1) is 6.69. The molecule has 0 N–H and O–H groups in total. The molecule has 0 radical (unpaired) electrons. The summed E-state index contributed by atoms with van der Waals surface area (Å²) in [6.07, 6.45) is 6.35. The van der Waals surface area contributed by atoms with Gasteiger partial charge in [-0.2, -0.15) is 0 Å². The molecular formula is C12H20O2. The number of carbonyl (C=O) groups excluding carboxylic acids is 1. The molecule has 2 nitrogen and oxygen atoms in total. The molecule has 0 bridgehead atoms. The van der Waals surface area contributed by atoms with Gasteiger partial charge in [-0.3, -0.25) is 4.79 Å². The van der Waals surface area contributed by atoms with E-state index in [1.54, 1.807) is 0 Å². The van der Waals surface area contributed by atoms with Crippen molar-refractivity contribution in [1.82, 2.24) is 0 Å². The van der Waals surface area contributed by atoms with Gasteiger partial charge in [-0.25, -0.2) is 0 Å². The maximum Gasteiger partial charge on any atom is 0.167 e. The van der Waals surface area contributed by atoms with Crippen LogP contribution in [0.1, 0.15) is 52.4 Å². The lowest BCUT2D eigenvalue weighted by Crippen LogP contribution is -2.31. The van der Waals surface area contributed by atoms with Crippen LogP contribution in [-0.4, -0.2) is 17.5 Å². The van der Waals surface area contributed by atoms with E-state index in [4.69, 9.17) is 4.74 Å². The van der Waals surface area contributed by atoms with Crippen molar-refractivity contribution in [2.24, 2.45) is 5.92 Å². The van der Waals surface area contributed by atoms with Crippen LogP contribution in [0.4, 0.5) is 0 Å². The van der Waals surface area contributed by atoms with Crippen LogP contribution in [0.3, 0.4) is 0 Å². The summed E-state index contributed by atoms with van der Waals surface area (Å²) in [5.74, 6) is 1.12. The first-order valence-electron chi connectivity index (χ1n) is 5.90. The SMILES string of the molecule is CCCCC(=O)C12CCC(C)CC1O2. The van der Waals surface area contributed by atoms with E-state index in [0.29, 0.717) is 5.78 Å². The van der Waals surface area contributed by atoms with Gasteiger partial charge in [-0.1, -0.05) is 20.3 Å². The number of hydrogen-bond donors (Lipinski definition) is 0. The zero-order chi connectivity index (χ0) is 10.2. The monoisotopic (exact) mass is 196 g/mol. The smallest absolute Gasteiger partial charge is 0.167 e. The van der Waals surface area contributed by atoms with Crippen molar-refractivity contribution in [3.8, 4) is 0 Å². The van der Waals surface area contributed by atoms with Crippen molar-refractivity contribution in [2.45, 2.75) is 64.1 Å². The lowest BCUT2D eigenvalue weighted by atomic mass is 9.80. The summed E-state index contributed by atoms with van der Waals surface area (Å²) in [7, 11) is 0. The number of unbranched alkanes of at least 4 members (excludes halogenated alkanes) is 1. The Morgan fingerprint density at radius 3 is 3.00 bits per heavy atom. The molecule has 0 aromatic heterocycles. The second kappa shape index (κ2) is 3.65. The Hall–Kier alpha value is -0.370. The molecular weight excluding hydrogens is 176 g/mol. The number of rotatable bonds is 4. The van der Waals surface area contributed by atoms with Gasteiger partial charge in [0.15, 0.2) is 11.4 Å². The molecule has 14 heavy (non-hydrogen) atoms. The summed E-state index contributed by atoms with van der Waals surface area (Å²) in [5, 5.41) is 0. The van der Waals surface area contributed by atoms with Crippen LogP contribution < -0.4 is 0 Å². The van der Waals surface area contributed by atoms with Crippen molar-refractivity contribution < 1.29 is 9.53 Å². The molecule has 2 fully saturated rings. The second-order valence-electron chi connectivity index (χ2n) is 4.90. The third-order valence-corrected chi connectivity index (χ3v) is 3.67. The number of carbonyl (C=O) groups is 1.